The Morgan fingerprint density at radius 1 is 1.38 bits per heavy atom. The second kappa shape index (κ2) is 7.59. The summed E-state index contributed by atoms with van der Waals surface area (Å²) in [6.07, 6.45) is -0.0136. The van der Waals surface area contributed by atoms with Crippen LogP contribution in [-0.2, 0) is 19.0 Å². The molecular weight excluding hydrogens is 172 g/mol. The van der Waals surface area contributed by atoms with Gasteiger partial charge in [-0.15, -0.1) is 0 Å². The van der Waals surface area contributed by atoms with Crippen molar-refractivity contribution in [2.75, 3.05) is 20.8 Å². The SMILES string of the molecule is COC(C#CCCOC(C)=O)OC. The molecule has 4 heteroatoms. The van der Waals surface area contributed by atoms with Gasteiger partial charge >= 0.3 is 5.97 Å². The van der Waals surface area contributed by atoms with Crippen molar-refractivity contribution in [2.24, 2.45) is 0 Å². The Labute approximate surface area is 78.2 Å². The third-order valence-electron chi connectivity index (χ3n) is 1.18. The van der Waals surface area contributed by atoms with Crippen molar-refractivity contribution < 1.29 is 19.0 Å². The molecule has 0 aliphatic carbocycles. The minimum absolute atomic E-state index is 0.295. The molecule has 0 aromatic heterocycles. The summed E-state index contributed by atoms with van der Waals surface area (Å²) in [6.45, 7) is 1.67. The molecule has 0 bridgehead atoms. The maximum atomic E-state index is 10.3. The van der Waals surface area contributed by atoms with Crippen molar-refractivity contribution in [1.29, 1.82) is 0 Å². The molecule has 0 atom stereocenters. The van der Waals surface area contributed by atoms with Crippen LogP contribution in [-0.4, -0.2) is 33.1 Å². The van der Waals surface area contributed by atoms with Gasteiger partial charge in [0.25, 0.3) is 0 Å². The minimum atomic E-state index is -0.502. The van der Waals surface area contributed by atoms with Crippen LogP contribution in [0.15, 0.2) is 0 Å². The van der Waals surface area contributed by atoms with Gasteiger partial charge in [0, 0.05) is 27.6 Å². The molecule has 0 unspecified atom stereocenters. The third kappa shape index (κ3) is 7.32. The third-order valence-corrected chi connectivity index (χ3v) is 1.18. The Morgan fingerprint density at radius 2 is 2.00 bits per heavy atom. The maximum absolute atomic E-state index is 10.3. The smallest absolute Gasteiger partial charge is 0.302 e. The lowest BCUT2D eigenvalue weighted by atomic mass is 10.4. The topological polar surface area (TPSA) is 44.8 Å². The highest BCUT2D eigenvalue weighted by Gasteiger charge is 1.96. The zero-order valence-electron chi connectivity index (χ0n) is 8.12. The van der Waals surface area contributed by atoms with Crippen LogP contribution in [0.1, 0.15) is 13.3 Å². The van der Waals surface area contributed by atoms with E-state index >= 15 is 0 Å². The number of esters is 1. The van der Waals surface area contributed by atoms with Crippen LogP contribution in [0.4, 0.5) is 0 Å². The van der Waals surface area contributed by atoms with Gasteiger partial charge in [0.15, 0.2) is 0 Å². The number of methoxy groups -OCH3 is 2. The van der Waals surface area contributed by atoms with Crippen molar-refractivity contribution in [3.8, 4) is 11.8 Å². The molecule has 0 aromatic carbocycles. The summed E-state index contributed by atoms with van der Waals surface area (Å²) in [7, 11) is 3.02. The maximum Gasteiger partial charge on any atom is 0.302 e. The van der Waals surface area contributed by atoms with E-state index in [4.69, 9.17) is 9.47 Å². The van der Waals surface area contributed by atoms with E-state index in [1.807, 2.05) is 0 Å². The number of carbonyl (C=O) groups excluding carboxylic acids is 1. The van der Waals surface area contributed by atoms with E-state index in [1.54, 1.807) is 0 Å². The molecule has 74 valence electrons. The minimum Gasteiger partial charge on any atom is -0.465 e. The van der Waals surface area contributed by atoms with Crippen molar-refractivity contribution >= 4 is 5.97 Å². The number of carbonyl (C=O) groups is 1. The van der Waals surface area contributed by atoms with Gasteiger partial charge in [-0.3, -0.25) is 4.79 Å². The highest BCUT2D eigenvalue weighted by atomic mass is 16.7. The number of rotatable bonds is 4. The van der Waals surface area contributed by atoms with E-state index in [9.17, 15) is 4.79 Å². The molecule has 0 amide bonds. The molecule has 0 N–H and O–H groups in total. The van der Waals surface area contributed by atoms with E-state index in [1.165, 1.54) is 21.1 Å². The molecule has 0 saturated carbocycles. The van der Waals surface area contributed by atoms with E-state index in [2.05, 4.69) is 16.6 Å². The van der Waals surface area contributed by atoms with E-state index in [0.29, 0.717) is 13.0 Å². The van der Waals surface area contributed by atoms with E-state index in [0.717, 1.165) is 0 Å². The van der Waals surface area contributed by atoms with Gasteiger partial charge in [0.1, 0.15) is 6.61 Å². The van der Waals surface area contributed by atoms with Gasteiger partial charge in [-0.2, -0.15) is 0 Å². The summed E-state index contributed by atoms with van der Waals surface area (Å²) in [5.41, 5.74) is 0. The second-order valence-electron chi connectivity index (χ2n) is 2.21. The number of ether oxygens (including phenoxy) is 3. The molecule has 13 heavy (non-hydrogen) atoms. The Balaban J connectivity index is 3.54. The average molecular weight is 186 g/mol. The summed E-state index contributed by atoms with van der Waals surface area (Å²) in [5, 5.41) is 0. The van der Waals surface area contributed by atoms with Gasteiger partial charge in [0.05, 0.1) is 0 Å². The number of hydrogen-bond acceptors (Lipinski definition) is 4. The monoisotopic (exact) mass is 186 g/mol. The molecule has 0 spiro atoms. The zero-order valence-corrected chi connectivity index (χ0v) is 8.12. The van der Waals surface area contributed by atoms with Gasteiger partial charge in [-0.25, -0.2) is 0 Å². The Hall–Kier alpha value is -1.05. The molecule has 0 aliphatic heterocycles. The first-order valence-corrected chi connectivity index (χ1v) is 3.88. The van der Waals surface area contributed by atoms with Gasteiger partial charge in [-0.1, -0.05) is 5.92 Å². The van der Waals surface area contributed by atoms with Crippen LogP contribution in [0, 0.1) is 11.8 Å². The molecule has 0 aromatic rings. The highest BCUT2D eigenvalue weighted by Crippen LogP contribution is 1.88. The van der Waals surface area contributed by atoms with Crippen LogP contribution < -0.4 is 0 Å². The summed E-state index contributed by atoms with van der Waals surface area (Å²) in [4.78, 5) is 10.3. The fourth-order valence-electron chi connectivity index (χ4n) is 0.615. The van der Waals surface area contributed by atoms with Crippen molar-refractivity contribution in [2.45, 2.75) is 19.6 Å². The van der Waals surface area contributed by atoms with Crippen LogP contribution in [0.2, 0.25) is 0 Å². The molecule has 0 rings (SSSR count). The average Bonchev–Trinajstić information content (AvgIpc) is 2.11. The Morgan fingerprint density at radius 3 is 2.46 bits per heavy atom. The molecular formula is C9H14O4. The Kier molecular flexibility index (Phi) is 6.98. The highest BCUT2D eigenvalue weighted by molar-refractivity contribution is 5.65. The van der Waals surface area contributed by atoms with Crippen molar-refractivity contribution in [3.63, 3.8) is 0 Å². The number of hydrogen-bond donors (Lipinski definition) is 0. The first kappa shape index (κ1) is 11.9. The zero-order chi connectivity index (χ0) is 10.1. The first-order chi connectivity index (χ1) is 6.20. The predicted molar refractivity (Wildman–Crippen MR) is 46.8 cm³/mol. The molecule has 0 radical (unpaired) electrons. The predicted octanol–water partition coefficient (Wildman–Crippen LogP) is 0.562. The molecule has 0 saturated heterocycles. The summed E-state index contributed by atoms with van der Waals surface area (Å²) in [5.74, 6) is 5.18. The van der Waals surface area contributed by atoms with Gasteiger partial charge in [-0.05, 0) is 5.92 Å². The second-order valence-corrected chi connectivity index (χ2v) is 2.21. The molecule has 0 aliphatic rings. The molecule has 0 heterocycles. The molecule has 4 nitrogen and oxygen atoms in total. The van der Waals surface area contributed by atoms with E-state index < -0.39 is 6.29 Å². The van der Waals surface area contributed by atoms with Gasteiger partial charge in [0.2, 0.25) is 6.29 Å². The van der Waals surface area contributed by atoms with Crippen LogP contribution in [0.3, 0.4) is 0 Å². The molecule has 0 fully saturated rings. The van der Waals surface area contributed by atoms with Crippen LogP contribution >= 0.6 is 0 Å². The lowest BCUT2D eigenvalue weighted by Crippen LogP contribution is -2.09. The first-order valence-electron chi connectivity index (χ1n) is 3.88. The lowest BCUT2D eigenvalue weighted by Gasteiger charge is -2.03. The fourth-order valence-corrected chi connectivity index (χ4v) is 0.615. The fraction of sp³-hybridized carbons (Fsp3) is 0.667. The standard InChI is InChI=1S/C9H14O4/c1-8(10)13-7-5-4-6-9(11-2)12-3/h9H,5,7H2,1-3H3. The lowest BCUT2D eigenvalue weighted by molar-refractivity contribution is -0.140. The Bertz CT molecular complexity index is 197. The summed E-state index contributed by atoms with van der Waals surface area (Å²) >= 11 is 0. The normalized spacial score (nSPS) is 9.23. The van der Waals surface area contributed by atoms with Crippen LogP contribution in [0.5, 0.6) is 0 Å². The summed E-state index contributed by atoms with van der Waals surface area (Å²) in [6, 6.07) is 0. The van der Waals surface area contributed by atoms with E-state index in [-0.39, 0.29) is 5.97 Å². The van der Waals surface area contributed by atoms with Crippen LogP contribution in [0.25, 0.3) is 0 Å². The van der Waals surface area contributed by atoms with Crippen molar-refractivity contribution in [3.05, 3.63) is 0 Å². The largest absolute Gasteiger partial charge is 0.465 e. The van der Waals surface area contributed by atoms with Crippen molar-refractivity contribution in [1.82, 2.24) is 0 Å². The quantitative estimate of drug-likeness (QED) is 0.278. The van der Waals surface area contributed by atoms with Gasteiger partial charge < -0.3 is 14.2 Å². The summed E-state index contributed by atoms with van der Waals surface area (Å²) < 4.78 is 14.3.